The summed E-state index contributed by atoms with van der Waals surface area (Å²) in [6, 6.07) is 2.12. The predicted molar refractivity (Wildman–Crippen MR) is 79.0 cm³/mol. The van der Waals surface area contributed by atoms with Crippen LogP contribution in [0.4, 0.5) is 5.69 Å². The Morgan fingerprint density at radius 2 is 1.83 bits per heavy atom. The van der Waals surface area contributed by atoms with Crippen molar-refractivity contribution in [1.29, 1.82) is 0 Å². The van der Waals surface area contributed by atoms with E-state index in [9.17, 15) is 0 Å². The number of aromatic nitrogens is 1. The first-order chi connectivity index (χ1) is 8.83. The summed E-state index contributed by atoms with van der Waals surface area (Å²) in [5, 5.41) is 3.24. The Morgan fingerprint density at radius 1 is 1.17 bits per heavy atom. The summed E-state index contributed by atoms with van der Waals surface area (Å²) in [6.07, 6.45) is 8.87. The second kappa shape index (κ2) is 8.92. The Kier molecular flexibility index (Phi) is 7.42. The van der Waals surface area contributed by atoms with Crippen molar-refractivity contribution in [1.82, 2.24) is 10.3 Å². The smallest absolute Gasteiger partial charge is 0.0598 e. The van der Waals surface area contributed by atoms with Crippen molar-refractivity contribution in [3.8, 4) is 0 Å². The molecule has 0 radical (unpaired) electrons. The highest BCUT2D eigenvalue weighted by atomic mass is 15.1. The fraction of sp³-hybridized carbons (Fsp3) is 0.667. The van der Waals surface area contributed by atoms with E-state index in [1.54, 1.807) is 0 Å². The quantitative estimate of drug-likeness (QED) is 0.728. The molecule has 0 aromatic carbocycles. The SMILES string of the molecule is CCCCN(CCCC)c1cnccc1CNC. The van der Waals surface area contributed by atoms with Crippen molar-refractivity contribution < 1.29 is 0 Å². The highest BCUT2D eigenvalue weighted by Gasteiger charge is 2.10. The highest BCUT2D eigenvalue weighted by Crippen LogP contribution is 2.20. The Balaban J connectivity index is 2.81. The van der Waals surface area contributed by atoms with E-state index in [4.69, 9.17) is 0 Å². The normalized spacial score (nSPS) is 10.6. The first-order valence-electron chi connectivity index (χ1n) is 7.15. The lowest BCUT2D eigenvalue weighted by Gasteiger charge is -2.26. The van der Waals surface area contributed by atoms with Gasteiger partial charge < -0.3 is 10.2 Å². The minimum Gasteiger partial charge on any atom is -0.370 e. The first-order valence-corrected chi connectivity index (χ1v) is 7.15. The Morgan fingerprint density at radius 3 is 2.39 bits per heavy atom. The van der Waals surface area contributed by atoms with Crippen molar-refractivity contribution in [2.45, 2.75) is 46.1 Å². The van der Waals surface area contributed by atoms with Gasteiger partial charge in [-0.25, -0.2) is 0 Å². The molecule has 102 valence electrons. The van der Waals surface area contributed by atoms with Gasteiger partial charge >= 0.3 is 0 Å². The van der Waals surface area contributed by atoms with E-state index in [0.717, 1.165) is 19.6 Å². The molecule has 0 fully saturated rings. The van der Waals surface area contributed by atoms with E-state index in [2.05, 4.69) is 35.1 Å². The number of hydrogen-bond acceptors (Lipinski definition) is 3. The van der Waals surface area contributed by atoms with Crippen LogP contribution >= 0.6 is 0 Å². The molecule has 0 aliphatic rings. The van der Waals surface area contributed by atoms with Crippen LogP contribution in [-0.4, -0.2) is 25.1 Å². The van der Waals surface area contributed by atoms with E-state index in [-0.39, 0.29) is 0 Å². The molecule has 18 heavy (non-hydrogen) atoms. The van der Waals surface area contributed by atoms with Crippen LogP contribution in [0.5, 0.6) is 0 Å². The topological polar surface area (TPSA) is 28.2 Å². The highest BCUT2D eigenvalue weighted by molar-refractivity contribution is 5.51. The zero-order valence-electron chi connectivity index (χ0n) is 12.1. The van der Waals surface area contributed by atoms with E-state index in [1.165, 1.54) is 36.9 Å². The number of hydrogen-bond donors (Lipinski definition) is 1. The van der Waals surface area contributed by atoms with Crippen molar-refractivity contribution in [3.63, 3.8) is 0 Å². The number of rotatable bonds is 9. The van der Waals surface area contributed by atoms with Gasteiger partial charge in [-0.15, -0.1) is 0 Å². The molecule has 0 bridgehead atoms. The fourth-order valence-electron chi connectivity index (χ4n) is 2.09. The second-order valence-corrected chi connectivity index (χ2v) is 4.73. The van der Waals surface area contributed by atoms with E-state index in [0.29, 0.717) is 0 Å². The summed E-state index contributed by atoms with van der Waals surface area (Å²) < 4.78 is 0. The van der Waals surface area contributed by atoms with E-state index >= 15 is 0 Å². The molecule has 0 spiro atoms. The third-order valence-electron chi connectivity index (χ3n) is 3.16. The standard InChI is InChI=1S/C15H27N3/c1-4-6-10-18(11-7-5-2)15-13-17-9-8-14(15)12-16-3/h8-9,13,16H,4-7,10-12H2,1-3H3. The molecule has 1 aromatic rings. The van der Waals surface area contributed by atoms with Crippen LogP contribution in [0.15, 0.2) is 18.5 Å². The van der Waals surface area contributed by atoms with Gasteiger partial charge in [0.15, 0.2) is 0 Å². The molecule has 3 nitrogen and oxygen atoms in total. The van der Waals surface area contributed by atoms with Gasteiger partial charge in [-0.05, 0) is 31.5 Å². The summed E-state index contributed by atoms with van der Waals surface area (Å²) in [7, 11) is 1.99. The van der Waals surface area contributed by atoms with Gasteiger partial charge in [-0.3, -0.25) is 4.98 Å². The average molecular weight is 249 g/mol. The summed E-state index contributed by atoms with van der Waals surface area (Å²) in [6.45, 7) is 7.68. The van der Waals surface area contributed by atoms with E-state index in [1.807, 2.05) is 19.4 Å². The van der Waals surface area contributed by atoms with Gasteiger partial charge in [0.2, 0.25) is 0 Å². The maximum atomic E-state index is 4.30. The van der Waals surface area contributed by atoms with Crippen LogP contribution in [0.25, 0.3) is 0 Å². The van der Waals surface area contributed by atoms with Gasteiger partial charge in [0.05, 0.1) is 11.9 Å². The molecule has 0 aliphatic carbocycles. The molecule has 1 heterocycles. The molecular weight excluding hydrogens is 222 g/mol. The monoisotopic (exact) mass is 249 g/mol. The molecule has 0 saturated carbocycles. The molecule has 0 unspecified atom stereocenters. The zero-order chi connectivity index (χ0) is 13.2. The van der Waals surface area contributed by atoms with Crippen LogP contribution < -0.4 is 10.2 Å². The van der Waals surface area contributed by atoms with Crippen LogP contribution in [0, 0.1) is 0 Å². The second-order valence-electron chi connectivity index (χ2n) is 4.73. The summed E-state index contributed by atoms with van der Waals surface area (Å²) in [5.74, 6) is 0. The Bertz CT molecular complexity index is 317. The molecule has 0 saturated heterocycles. The number of nitrogens with one attached hydrogen (secondary N) is 1. The molecule has 0 atom stereocenters. The third-order valence-corrected chi connectivity index (χ3v) is 3.16. The van der Waals surface area contributed by atoms with Gasteiger partial charge in [-0.1, -0.05) is 26.7 Å². The Hall–Kier alpha value is -1.09. The molecule has 1 N–H and O–H groups in total. The van der Waals surface area contributed by atoms with Gasteiger partial charge in [0.1, 0.15) is 0 Å². The van der Waals surface area contributed by atoms with Gasteiger partial charge in [0.25, 0.3) is 0 Å². The lowest BCUT2D eigenvalue weighted by molar-refractivity contribution is 0.671. The average Bonchev–Trinajstić information content (AvgIpc) is 2.40. The van der Waals surface area contributed by atoms with Crippen LogP contribution in [0.2, 0.25) is 0 Å². The van der Waals surface area contributed by atoms with Crippen molar-refractivity contribution in [2.24, 2.45) is 0 Å². The molecule has 0 aliphatic heterocycles. The first kappa shape index (κ1) is 15.0. The maximum absolute atomic E-state index is 4.30. The van der Waals surface area contributed by atoms with Crippen molar-refractivity contribution >= 4 is 5.69 Å². The summed E-state index contributed by atoms with van der Waals surface area (Å²) in [5.41, 5.74) is 2.65. The number of pyridine rings is 1. The molecule has 1 aromatic heterocycles. The predicted octanol–water partition coefficient (Wildman–Crippen LogP) is 3.21. The minimum absolute atomic E-state index is 0.909. The van der Waals surface area contributed by atoms with E-state index < -0.39 is 0 Å². The van der Waals surface area contributed by atoms with Crippen molar-refractivity contribution in [3.05, 3.63) is 24.0 Å². The fourth-order valence-corrected chi connectivity index (χ4v) is 2.09. The lowest BCUT2D eigenvalue weighted by Crippen LogP contribution is -2.27. The lowest BCUT2D eigenvalue weighted by atomic mass is 10.1. The number of anilines is 1. The van der Waals surface area contributed by atoms with Crippen LogP contribution in [0.3, 0.4) is 0 Å². The van der Waals surface area contributed by atoms with Crippen LogP contribution in [0.1, 0.15) is 45.1 Å². The minimum atomic E-state index is 0.909. The molecular formula is C15H27N3. The largest absolute Gasteiger partial charge is 0.370 e. The zero-order valence-corrected chi connectivity index (χ0v) is 12.1. The van der Waals surface area contributed by atoms with Crippen molar-refractivity contribution in [2.75, 3.05) is 25.0 Å². The van der Waals surface area contributed by atoms with Gasteiger partial charge in [-0.2, -0.15) is 0 Å². The van der Waals surface area contributed by atoms with Crippen LogP contribution in [-0.2, 0) is 6.54 Å². The van der Waals surface area contributed by atoms with Gasteiger partial charge in [0, 0.05) is 25.8 Å². The maximum Gasteiger partial charge on any atom is 0.0598 e. The summed E-state index contributed by atoms with van der Waals surface area (Å²) >= 11 is 0. The molecule has 1 rings (SSSR count). The molecule has 3 heteroatoms. The molecule has 0 amide bonds. The Labute approximate surface area is 112 Å². The third kappa shape index (κ3) is 4.65. The summed E-state index contributed by atoms with van der Waals surface area (Å²) in [4.78, 5) is 6.79. The number of nitrogens with zero attached hydrogens (tertiary/aromatic N) is 2. The number of unbranched alkanes of at least 4 members (excludes halogenated alkanes) is 2.